The molecule has 3 amide bonds. The summed E-state index contributed by atoms with van der Waals surface area (Å²) in [5.41, 5.74) is 1.99. The van der Waals surface area contributed by atoms with Gasteiger partial charge >= 0.3 is 12.0 Å². The van der Waals surface area contributed by atoms with Crippen LogP contribution < -0.4 is 15.5 Å². The number of aliphatic carboxylic acids is 1. The second-order valence-electron chi connectivity index (χ2n) is 7.25. The topological polar surface area (TPSA) is 98.7 Å². The number of hydrogen-bond donors (Lipinski definition) is 3. The Morgan fingerprint density at radius 1 is 1.27 bits per heavy atom. The van der Waals surface area contributed by atoms with Crippen LogP contribution in [0, 0.1) is 0 Å². The first-order valence-electron chi connectivity index (χ1n) is 8.96. The van der Waals surface area contributed by atoms with Crippen molar-refractivity contribution in [3.05, 3.63) is 23.8 Å². The maximum absolute atomic E-state index is 12.2. The van der Waals surface area contributed by atoms with E-state index in [1.165, 1.54) is 0 Å². The lowest BCUT2D eigenvalue weighted by atomic mass is 9.98. The van der Waals surface area contributed by atoms with E-state index >= 15 is 0 Å². The molecular weight excluding hydrogens is 334 g/mol. The highest BCUT2D eigenvalue weighted by Gasteiger charge is 2.24. The van der Waals surface area contributed by atoms with Gasteiger partial charge in [0, 0.05) is 36.3 Å². The molecule has 0 aromatic heterocycles. The van der Waals surface area contributed by atoms with Crippen LogP contribution in [-0.4, -0.2) is 35.1 Å². The molecule has 0 aliphatic carbocycles. The minimum atomic E-state index is -0.888. The van der Waals surface area contributed by atoms with Crippen LogP contribution in [0.15, 0.2) is 18.2 Å². The summed E-state index contributed by atoms with van der Waals surface area (Å²) in [7, 11) is 0. The van der Waals surface area contributed by atoms with Gasteiger partial charge in [-0.2, -0.15) is 0 Å². The van der Waals surface area contributed by atoms with Gasteiger partial charge in [-0.25, -0.2) is 4.79 Å². The molecule has 142 valence electrons. The molecule has 26 heavy (non-hydrogen) atoms. The molecule has 1 aromatic rings. The van der Waals surface area contributed by atoms with Gasteiger partial charge in [0.2, 0.25) is 5.91 Å². The molecule has 0 atom stereocenters. The molecule has 7 nitrogen and oxygen atoms in total. The standard InChI is InChI=1S/C19H27N3O4/c1-4-11-22-15-7-6-14(12-13(15)5-8-16(22)23)20-18(26)21-19(2,3)10-9-17(24)25/h6-7,12H,4-5,8-11H2,1-3H3,(H,24,25)(H2,20,21,26). The summed E-state index contributed by atoms with van der Waals surface area (Å²) in [5, 5.41) is 14.4. The number of carboxylic acid groups (broad SMARTS) is 1. The maximum Gasteiger partial charge on any atom is 0.319 e. The number of carbonyl (C=O) groups excluding carboxylic acids is 2. The number of benzene rings is 1. The fourth-order valence-corrected chi connectivity index (χ4v) is 3.06. The Morgan fingerprint density at radius 3 is 2.65 bits per heavy atom. The number of anilines is 2. The predicted molar refractivity (Wildman–Crippen MR) is 101 cm³/mol. The van der Waals surface area contributed by atoms with Crippen LogP contribution in [0.1, 0.15) is 52.0 Å². The smallest absolute Gasteiger partial charge is 0.319 e. The van der Waals surface area contributed by atoms with E-state index in [0.29, 0.717) is 31.5 Å². The quantitative estimate of drug-likeness (QED) is 0.695. The van der Waals surface area contributed by atoms with Gasteiger partial charge < -0.3 is 20.6 Å². The summed E-state index contributed by atoms with van der Waals surface area (Å²) < 4.78 is 0. The molecule has 7 heteroatoms. The van der Waals surface area contributed by atoms with Crippen molar-refractivity contribution in [2.45, 2.75) is 58.4 Å². The highest BCUT2D eigenvalue weighted by Crippen LogP contribution is 2.30. The molecule has 0 fully saturated rings. The molecule has 1 aromatic carbocycles. The molecule has 1 aliphatic rings. The first kappa shape index (κ1) is 19.8. The van der Waals surface area contributed by atoms with Gasteiger partial charge in [0.05, 0.1) is 0 Å². The fraction of sp³-hybridized carbons (Fsp3) is 0.526. The van der Waals surface area contributed by atoms with Crippen molar-refractivity contribution in [1.82, 2.24) is 5.32 Å². The van der Waals surface area contributed by atoms with Crippen molar-refractivity contribution >= 4 is 29.3 Å². The number of nitrogens with zero attached hydrogens (tertiary/aromatic N) is 1. The Hall–Kier alpha value is -2.57. The molecule has 2 rings (SSSR count). The highest BCUT2D eigenvalue weighted by molar-refractivity contribution is 5.97. The van der Waals surface area contributed by atoms with E-state index in [-0.39, 0.29) is 18.4 Å². The van der Waals surface area contributed by atoms with E-state index < -0.39 is 11.5 Å². The van der Waals surface area contributed by atoms with Crippen molar-refractivity contribution in [2.24, 2.45) is 0 Å². The third kappa shape index (κ3) is 5.21. The molecule has 1 heterocycles. The number of aryl methyl sites for hydroxylation is 1. The number of fused-ring (bicyclic) bond motifs is 1. The lowest BCUT2D eigenvalue weighted by Crippen LogP contribution is -2.45. The van der Waals surface area contributed by atoms with Crippen LogP contribution >= 0.6 is 0 Å². The maximum atomic E-state index is 12.2. The van der Waals surface area contributed by atoms with Crippen LogP contribution in [0.5, 0.6) is 0 Å². The SMILES string of the molecule is CCCN1C(=O)CCc2cc(NC(=O)NC(C)(C)CCC(=O)O)ccc21. The van der Waals surface area contributed by atoms with Gasteiger partial charge in [-0.1, -0.05) is 6.92 Å². The predicted octanol–water partition coefficient (Wildman–Crippen LogP) is 3.14. The average Bonchev–Trinajstić information content (AvgIpc) is 2.55. The summed E-state index contributed by atoms with van der Waals surface area (Å²) in [4.78, 5) is 36.8. The average molecular weight is 361 g/mol. The van der Waals surface area contributed by atoms with Crippen molar-refractivity contribution < 1.29 is 19.5 Å². The number of carboxylic acids is 1. The molecule has 0 saturated carbocycles. The number of carbonyl (C=O) groups is 3. The third-order valence-corrected chi connectivity index (χ3v) is 4.40. The molecule has 1 aliphatic heterocycles. The summed E-state index contributed by atoms with van der Waals surface area (Å²) in [6.07, 6.45) is 2.36. The van der Waals surface area contributed by atoms with Crippen LogP contribution in [-0.2, 0) is 16.0 Å². The highest BCUT2D eigenvalue weighted by atomic mass is 16.4. The van der Waals surface area contributed by atoms with E-state index in [9.17, 15) is 14.4 Å². The van der Waals surface area contributed by atoms with Gasteiger partial charge in [-0.15, -0.1) is 0 Å². The Bertz CT molecular complexity index is 700. The van der Waals surface area contributed by atoms with Crippen molar-refractivity contribution in [3.63, 3.8) is 0 Å². The van der Waals surface area contributed by atoms with E-state index in [2.05, 4.69) is 10.6 Å². The van der Waals surface area contributed by atoms with Crippen LogP contribution in [0.25, 0.3) is 0 Å². The van der Waals surface area contributed by atoms with Crippen LogP contribution in [0.3, 0.4) is 0 Å². The number of urea groups is 1. The first-order valence-corrected chi connectivity index (χ1v) is 8.96. The van der Waals surface area contributed by atoms with Gasteiger partial charge in [-0.3, -0.25) is 9.59 Å². The number of rotatable bonds is 7. The first-order chi connectivity index (χ1) is 12.2. The molecule has 0 saturated heterocycles. The second kappa shape index (κ2) is 8.21. The van der Waals surface area contributed by atoms with E-state index in [0.717, 1.165) is 17.7 Å². The van der Waals surface area contributed by atoms with E-state index in [1.807, 2.05) is 19.1 Å². The summed E-state index contributed by atoms with van der Waals surface area (Å²) in [5.74, 6) is -0.751. The lowest BCUT2D eigenvalue weighted by Gasteiger charge is -2.30. The zero-order valence-corrected chi connectivity index (χ0v) is 15.6. The van der Waals surface area contributed by atoms with Gasteiger partial charge in [-0.05, 0) is 56.9 Å². The van der Waals surface area contributed by atoms with Gasteiger partial charge in [0.25, 0.3) is 0 Å². The molecule has 0 bridgehead atoms. The zero-order valence-electron chi connectivity index (χ0n) is 15.6. The summed E-state index contributed by atoms with van der Waals surface area (Å²) in [6.45, 7) is 6.30. The summed E-state index contributed by atoms with van der Waals surface area (Å²) in [6, 6.07) is 5.17. The normalized spacial score (nSPS) is 14.0. The second-order valence-corrected chi connectivity index (χ2v) is 7.25. The van der Waals surface area contributed by atoms with E-state index in [4.69, 9.17) is 5.11 Å². The van der Waals surface area contributed by atoms with Gasteiger partial charge in [0.15, 0.2) is 0 Å². The molecule has 3 N–H and O–H groups in total. The van der Waals surface area contributed by atoms with Gasteiger partial charge in [0.1, 0.15) is 0 Å². The minimum Gasteiger partial charge on any atom is -0.481 e. The van der Waals surface area contributed by atoms with Crippen LogP contribution in [0.2, 0.25) is 0 Å². The third-order valence-electron chi connectivity index (χ3n) is 4.40. The van der Waals surface area contributed by atoms with E-state index in [1.54, 1.807) is 24.8 Å². The Balaban J connectivity index is 2.03. The number of hydrogen-bond acceptors (Lipinski definition) is 3. The molecule has 0 unspecified atom stereocenters. The lowest BCUT2D eigenvalue weighted by molar-refractivity contribution is -0.137. The van der Waals surface area contributed by atoms with Crippen molar-refractivity contribution in [1.29, 1.82) is 0 Å². The Kier molecular flexibility index (Phi) is 6.23. The van der Waals surface area contributed by atoms with Crippen LogP contribution in [0.4, 0.5) is 16.2 Å². The zero-order chi connectivity index (χ0) is 19.3. The number of nitrogens with one attached hydrogen (secondary N) is 2. The number of amides is 3. The molecule has 0 spiro atoms. The summed E-state index contributed by atoms with van der Waals surface area (Å²) >= 11 is 0. The van der Waals surface area contributed by atoms with Crippen molar-refractivity contribution in [3.8, 4) is 0 Å². The Labute approximate surface area is 153 Å². The fourth-order valence-electron chi connectivity index (χ4n) is 3.06. The Morgan fingerprint density at radius 2 is 2.00 bits per heavy atom. The van der Waals surface area contributed by atoms with Crippen molar-refractivity contribution in [2.75, 3.05) is 16.8 Å². The minimum absolute atomic E-state index is 0.00653. The largest absolute Gasteiger partial charge is 0.481 e. The monoisotopic (exact) mass is 361 g/mol. The molecule has 0 radical (unpaired) electrons. The molecular formula is C19H27N3O4.